The minimum absolute atomic E-state index is 0.0529. The lowest BCUT2D eigenvalue weighted by Gasteiger charge is -1.99. The van der Waals surface area contributed by atoms with Crippen LogP contribution in [0.15, 0.2) is 4.79 Å². The first kappa shape index (κ1) is 8.61. The van der Waals surface area contributed by atoms with Gasteiger partial charge in [-0.25, -0.2) is 9.59 Å². The van der Waals surface area contributed by atoms with Gasteiger partial charge >= 0.3 is 11.7 Å². The molecule has 0 aromatic carbocycles. The smallest absolute Gasteiger partial charge is 0.355 e. The number of aromatic carboxylic acids is 1. The molecule has 0 saturated carbocycles. The van der Waals surface area contributed by atoms with Gasteiger partial charge in [-0.15, -0.1) is 0 Å². The normalized spacial score (nSPS) is 14.1. The number of ketones is 1. The summed E-state index contributed by atoms with van der Waals surface area (Å²) in [4.78, 5) is 38.5. The van der Waals surface area contributed by atoms with Gasteiger partial charge in [0.05, 0.1) is 5.56 Å². The predicted molar refractivity (Wildman–Crippen MR) is 44.5 cm³/mol. The highest BCUT2D eigenvalue weighted by atomic mass is 16.4. The fourth-order valence-electron chi connectivity index (χ4n) is 1.53. The van der Waals surface area contributed by atoms with Crippen molar-refractivity contribution in [3.05, 3.63) is 27.4 Å². The van der Waals surface area contributed by atoms with E-state index in [0.29, 0.717) is 12.1 Å². The topological polar surface area (TPSA) is 100 Å². The van der Waals surface area contributed by atoms with Crippen LogP contribution in [-0.2, 0) is 6.42 Å². The number of carbonyl (C=O) groups is 2. The number of aromatic nitrogens is 2. The van der Waals surface area contributed by atoms with Crippen LogP contribution >= 0.6 is 0 Å². The molecule has 0 amide bonds. The molecule has 6 heteroatoms. The van der Waals surface area contributed by atoms with Gasteiger partial charge in [-0.2, -0.15) is 4.98 Å². The molecule has 1 aromatic rings. The van der Waals surface area contributed by atoms with Gasteiger partial charge in [0.25, 0.3) is 0 Å². The summed E-state index contributed by atoms with van der Waals surface area (Å²) < 4.78 is 0. The predicted octanol–water partition coefficient (Wildman–Crippen LogP) is -0.403. The van der Waals surface area contributed by atoms with E-state index >= 15 is 0 Å². The Morgan fingerprint density at radius 3 is 2.71 bits per heavy atom. The largest absolute Gasteiger partial charge is 0.476 e. The second kappa shape index (κ2) is 2.76. The molecule has 72 valence electrons. The molecule has 14 heavy (non-hydrogen) atoms. The Balaban J connectivity index is 2.77. The van der Waals surface area contributed by atoms with Crippen LogP contribution in [0.4, 0.5) is 0 Å². The number of aromatic amines is 1. The summed E-state index contributed by atoms with van der Waals surface area (Å²) in [7, 11) is 0. The van der Waals surface area contributed by atoms with Crippen molar-refractivity contribution in [3.63, 3.8) is 0 Å². The van der Waals surface area contributed by atoms with E-state index in [2.05, 4.69) is 9.97 Å². The Labute approximate surface area is 77.6 Å². The van der Waals surface area contributed by atoms with Gasteiger partial charge in [0, 0.05) is 12.1 Å². The number of fused-ring (bicyclic) bond motifs is 1. The molecule has 1 aliphatic rings. The lowest BCUT2D eigenvalue weighted by Crippen LogP contribution is -2.20. The number of nitrogens with one attached hydrogen (secondary N) is 1. The van der Waals surface area contributed by atoms with Crippen molar-refractivity contribution >= 4 is 11.8 Å². The van der Waals surface area contributed by atoms with Gasteiger partial charge in [-0.05, 0) is 6.42 Å². The van der Waals surface area contributed by atoms with E-state index in [1.165, 1.54) is 0 Å². The van der Waals surface area contributed by atoms with Crippen LogP contribution in [0.2, 0.25) is 0 Å². The fourth-order valence-corrected chi connectivity index (χ4v) is 1.53. The third-order valence-electron chi connectivity index (χ3n) is 2.09. The minimum Gasteiger partial charge on any atom is -0.476 e. The highest BCUT2D eigenvalue weighted by molar-refractivity contribution is 6.07. The van der Waals surface area contributed by atoms with Crippen molar-refractivity contribution in [1.82, 2.24) is 9.97 Å². The minimum atomic E-state index is -1.34. The van der Waals surface area contributed by atoms with Crippen molar-refractivity contribution in [3.8, 4) is 0 Å². The maximum atomic E-state index is 11.3. The van der Waals surface area contributed by atoms with E-state index in [1.54, 1.807) is 0 Å². The number of Topliss-reactive ketones (excluding diaryl/α,β-unsaturated/α-hetero) is 1. The summed E-state index contributed by atoms with van der Waals surface area (Å²) >= 11 is 0. The summed E-state index contributed by atoms with van der Waals surface area (Å²) in [6, 6.07) is 0. The Kier molecular flexibility index (Phi) is 1.70. The summed E-state index contributed by atoms with van der Waals surface area (Å²) in [5.74, 6) is -1.62. The van der Waals surface area contributed by atoms with Crippen molar-refractivity contribution < 1.29 is 14.7 Å². The molecule has 6 nitrogen and oxygen atoms in total. The molecule has 2 N–H and O–H groups in total. The lowest BCUT2D eigenvalue weighted by molar-refractivity contribution is 0.0685. The highest BCUT2D eigenvalue weighted by Gasteiger charge is 2.28. The zero-order valence-electron chi connectivity index (χ0n) is 7.03. The number of carbonyl (C=O) groups excluding carboxylic acids is 1. The van der Waals surface area contributed by atoms with Crippen molar-refractivity contribution in [2.75, 3.05) is 0 Å². The average molecular weight is 194 g/mol. The second-order valence-corrected chi connectivity index (χ2v) is 2.97. The van der Waals surface area contributed by atoms with Crippen molar-refractivity contribution in [2.24, 2.45) is 0 Å². The van der Waals surface area contributed by atoms with Crippen LogP contribution in [0, 0.1) is 0 Å². The van der Waals surface area contributed by atoms with Crippen LogP contribution < -0.4 is 5.69 Å². The summed E-state index contributed by atoms with van der Waals surface area (Å²) in [5, 5.41) is 8.72. The second-order valence-electron chi connectivity index (χ2n) is 2.97. The lowest BCUT2D eigenvalue weighted by atomic mass is 10.1. The molecule has 1 aromatic heterocycles. The number of H-pyrrole nitrogens is 1. The van der Waals surface area contributed by atoms with Crippen LogP contribution in [0.1, 0.15) is 33.0 Å². The molecule has 0 bridgehead atoms. The first-order valence-corrected chi connectivity index (χ1v) is 3.99. The SMILES string of the molecule is O=C(O)c1nc(=O)[nH]c2c1C(=O)CC2. The quantitative estimate of drug-likeness (QED) is 0.633. The van der Waals surface area contributed by atoms with Gasteiger partial charge in [0.2, 0.25) is 0 Å². The Hall–Kier alpha value is -1.98. The van der Waals surface area contributed by atoms with E-state index in [-0.39, 0.29) is 17.8 Å². The van der Waals surface area contributed by atoms with E-state index in [4.69, 9.17) is 5.11 Å². The molecule has 1 heterocycles. The Morgan fingerprint density at radius 2 is 2.07 bits per heavy atom. The summed E-state index contributed by atoms with van der Waals surface area (Å²) in [6.45, 7) is 0. The van der Waals surface area contributed by atoms with E-state index < -0.39 is 17.4 Å². The maximum Gasteiger partial charge on any atom is 0.355 e. The average Bonchev–Trinajstić information content (AvgIpc) is 2.46. The number of carboxylic acid groups (broad SMARTS) is 1. The van der Waals surface area contributed by atoms with Crippen LogP contribution in [-0.4, -0.2) is 26.8 Å². The number of hydrogen-bond donors (Lipinski definition) is 2. The molecule has 0 saturated heterocycles. The molecular formula is C8H6N2O4. The van der Waals surface area contributed by atoms with Gasteiger partial charge in [-0.3, -0.25) is 4.79 Å². The standard InChI is InChI=1S/C8H6N2O4/c11-4-2-1-3-5(4)6(7(12)13)10-8(14)9-3/h1-2H2,(H,12,13)(H,9,10,14). The Bertz CT molecular complexity index is 489. The van der Waals surface area contributed by atoms with E-state index in [9.17, 15) is 14.4 Å². The molecule has 1 aliphatic carbocycles. The number of nitrogens with zero attached hydrogens (tertiary/aromatic N) is 1. The summed E-state index contributed by atoms with van der Waals surface area (Å²) in [5.41, 5.74) is -0.730. The Morgan fingerprint density at radius 1 is 1.36 bits per heavy atom. The van der Waals surface area contributed by atoms with Gasteiger partial charge < -0.3 is 10.1 Å². The number of rotatable bonds is 1. The van der Waals surface area contributed by atoms with Crippen molar-refractivity contribution in [2.45, 2.75) is 12.8 Å². The zero-order chi connectivity index (χ0) is 10.3. The number of aryl methyl sites for hydroxylation is 1. The maximum absolute atomic E-state index is 11.3. The van der Waals surface area contributed by atoms with E-state index in [1.807, 2.05) is 0 Å². The first-order valence-electron chi connectivity index (χ1n) is 3.99. The van der Waals surface area contributed by atoms with Gasteiger partial charge in [0.15, 0.2) is 11.5 Å². The number of carboxylic acids is 1. The highest BCUT2D eigenvalue weighted by Crippen LogP contribution is 2.20. The number of hydrogen-bond acceptors (Lipinski definition) is 4. The first-order chi connectivity index (χ1) is 6.59. The zero-order valence-corrected chi connectivity index (χ0v) is 7.03. The van der Waals surface area contributed by atoms with Crippen LogP contribution in [0.5, 0.6) is 0 Å². The van der Waals surface area contributed by atoms with Gasteiger partial charge in [-0.1, -0.05) is 0 Å². The molecule has 2 rings (SSSR count). The molecule has 0 fully saturated rings. The molecule has 0 spiro atoms. The van der Waals surface area contributed by atoms with Crippen molar-refractivity contribution in [1.29, 1.82) is 0 Å². The van der Waals surface area contributed by atoms with Gasteiger partial charge in [0.1, 0.15) is 0 Å². The monoisotopic (exact) mass is 194 g/mol. The van der Waals surface area contributed by atoms with Crippen LogP contribution in [0.3, 0.4) is 0 Å². The third-order valence-corrected chi connectivity index (χ3v) is 2.09. The fraction of sp³-hybridized carbons (Fsp3) is 0.250. The molecule has 0 unspecified atom stereocenters. The van der Waals surface area contributed by atoms with E-state index in [0.717, 1.165) is 0 Å². The molecular weight excluding hydrogens is 188 g/mol. The molecule has 0 atom stereocenters. The molecule has 0 radical (unpaired) electrons. The van der Waals surface area contributed by atoms with Crippen LogP contribution in [0.25, 0.3) is 0 Å². The third kappa shape index (κ3) is 1.12. The summed E-state index contributed by atoms with van der Waals surface area (Å²) in [6.07, 6.45) is 0.615. The molecule has 0 aliphatic heterocycles.